The summed E-state index contributed by atoms with van der Waals surface area (Å²) in [6.07, 6.45) is 6.31. The predicted octanol–water partition coefficient (Wildman–Crippen LogP) is 8.15. The van der Waals surface area contributed by atoms with Gasteiger partial charge in [-0.3, -0.25) is 0 Å². The Balaban J connectivity index is 1.35. The van der Waals surface area contributed by atoms with Crippen molar-refractivity contribution in [1.29, 1.82) is 0 Å². The number of rotatable bonds is 9. The summed E-state index contributed by atoms with van der Waals surface area (Å²) in [6.45, 7) is 6.70. The number of hydrogen-bond donors (Lipinski definition) is 0. The lowest BCUT2D eigenvalue weighted by Crippen LogP contribution is -1.96. The van der Waals surface area contributed by atoms with Gasteiger partial charge in [0, 0.05) is 0 Å². The summed E-state index contributed by atoms with van der Waals surface area (Å²) in [5.74, 6) is 0. The molecule has 4 aromatic carbocycles. The molecule has 168 valence electrons. The molecule has 0 heterocycles. The highest BCUT2D eigenvalue weighted by atomic mass is 14.1. The normalized spacial score (nSPS) is 11.0. The summed E-state index contributed by atoms with van der Waals surface area (Å²) in [5.41, 5.74) is 12.7. The van der Waals surface area contributed by atoms with Crippen molar-refractivity contribution in [2.75, 3.05) is 0 Å². The van der Waals surface area contributed by atoms with Crippen LogP contribution in [0.2, 0.25) is 0 Å². The largest absolute Gasteiger partial charge is 0.0613 e. The van der Waals surface area contributed by atoms with Crippen molar-refractivity contribution in [2.24, 2.45) is 0 Å². The summed E-state index contributed by atoms with van der Waals surface area (Å²) >= 11 is 0. The van der Waals surface area contributed by atoms with Gasteiger partial charge in [-0.1, -0.05) is 112 Å². The molecule has 0 amide bonds. The molecule has 0 unspecified atom stereocenters. The van der Waals surface area contributed by atoms with E-state index in [4.69, 9.17) is 0 Å². The van der Waals surface area contributed by atoms with Gasteiger partial charge in [0.15, 0.2) is 0 Å². The second-order valence-corrected chi connectivity index (χ2v) is 9.14. The van der Waals surface area contributed by atoms with Crippen molar-refractivity contribution in [3.05, 3.63) is 141 Å². The molecule has 0 bridgehead atoms. The predicted molar refractivity (Wildman–Crippen MR) is 142 cm³/mol. The zero-order valence-electron chi connectivity index (χ0n) is 20.4. The first-order chi connectivity index (χ1) is 16.2. The van der Waals surface area contributed by atoms with E-state index in [2.05, 4.69) is 112 Å². The van der Waals surface area contributed by atoms with E-state index in [1.54, 1.807) is 0 Å². The van der Waals surface area contributed by atoms with Gasteiger partial charge in [-0.05, 0) is 88.6 Å². The van der Waals surface area contributed by atoms with E-state index in [1.807, 2.05) is 0 Å². The van der Waals surface area contributed by atoms with Crippen LogP contribution in [0.25, 0.3) is 0 Å². The molecule has 0 heteroatoms. The standard InChI is InChI=1S/C33H36/c1-4-25-7-9-26(10-8-25)21-27-11-13-28(14-12-27)22-29-15-17-30(18-16-29)23-31-19-20-32(5-2)33(6-3)24-31/h7-20,24H,4-6,21-23H2,1-3H3. The topological polar surface area (TPSA) is 0 Å². The van der Waals surface area contributed by atoms with Crippen LogP contribution in [-0.2, 0) is 38.5 Å². The Morgan fingerprint density at radius 2 is 0.667 bits per heavy atom. The Bertz CT molecular complexity index is 1150. The zero-order valence-corrected chi connectivity index (χ0v) is 20.4. The van der Waals surface area contributed by atoms with Crippen molar-refractivity contribution in [3.8, 4) is 0 Å². The number of benzene rings is 4. The van der Waals surface area contributed by atoms with Crippen LogP contribution < -0.4 is 0 Å². The van der Waals surface area contributed by atoms with Crippen molar-refractivity contribution >= 4 is 0 Å². The first kappa shape index (κ1) is 23.1. The third-order valence-corrected chi connectivity index (χ3v) is 6.73. The van der Waals surface area contributed by atoms with Crippen LogP contribution in [0.1, 0.15) is 70.8 Å². The molecule has 0 spiro atoms. The highest BCUT2D eigenvalue weighted by molar-refractivity contribution is 5.37. The number of hydrogen-bond acceptors (Lipinski definition) is 0. The molecule has 0 aliphatic carbocycles. The molecule has 4 aromatic rings. The highest BCUT2D eigenvalue weighted by Gasteiger charge is 2.04. The second-order valence-electron chi connectivity index (χ2n) is 9.14. The van der Waals surface area contributed by atoms with Gasteiger partial charge in [-0.2, -0.15) is 0 Å². The van der Waals surface area contributed by atoms with E-state index in [0.717, 1.165) is 38.5 Å². The van der Waals surface area contributed by atoms with Crippen molar-refractivity contribution in [3.63, 3.8) is 0 Å². The lowest BCUT2D eigenvalue weighted by Gasteiger charge is -2.10. The smallest absolute Gasteiger partial charge is 0.00257 e. The fourth-order valence-corrected chi connectivity index (χ4v) is 4.61. The average Bonchev–Trinajstić information content (AvgIpc) is 2.87. The van der Waals surface area contributed by atoms with Gasteiger partial charge in [-0.15, -0.1) is 0 Å². The molecule has 0 radical (unpaired) electrons. The molecule has 0 atom stereocenters. The van der Waals surface area contributed by atoms with E-state index < -0.39 is 0 Å². The zero-order chi connectivity index (χ0) is 23.0. The summed E-state index contributed by atoms with van der Waals surface area (Å²) in [6, 6.07) is 34.3. The fraction of sp³-hybridized carbons (Fsp3) is 0.273. The van der Waals surface area contributed by atoms with Gasteiger partial charge >= 0.3 is 0 Å². The maximum atomic E-state index is 2.40. The molecule has 0 saturated heterocycles. The molecule has 0 aromatic heterocycles. The van der Waals surface area contributed by atoms with Crippen molar-refractivity contribution in [1.82, 2.24) is 0 Å². The molecule has 4 rings (SSSR count). The Labute approximate surface area is 200 Å². The van der Waals surface area contributed by atoms with Gasteiger partial charge in [0.05, 0.1) is 0 Å². The van der Waals surface area contributed by atoms with Crippen LogP contribution in [0.5, 0.6) is 0 Å². The van der Waals surface area contributed by atoms with Crippen LogP contribution in [0, 0.1) is 0 Å². The molecule has 0 aliphatic rings. The maximum Gasteiger partial charge on any atom is -0.00257 e. The van der Waals surface area contributed by atoms with Crippen LogP contribution >= 0.6 is 0 Å². The molecule has 33 heavy (non-hydrogen) atoms. The monoisotopic (exact) mass is 432 g/mol. The van der Waals surface area contributed by atoms with Crippen LogP contribution in [0.4, 0.5) is 0 Å². The minimum Gasteiger partial charge on any atom is -0.0613 e. The quantitative estimate of drug-likeness (QED) is 0.250. The van der Waals surface area contributed by atoms with Crippen LogP contribution in [0.15, 0.2) is 91.0 Å². The maximum absolute atomic E-state index is 2.40. The Kier molecular flexibility index (Phi) is 7.79. The first-order valence-electron chi connectivity index (χ1n) is 12.5. The van der Waals surface area contributed by atoms with E-state index in [9.17, 15) is 0 Å². The first-order valence-corrected chi connectivity index (χ1v) is 12.5. The molecule has 0 saturated carbocycles. The summed E-state index contributed by atoms with van der Waals surface area (Å²) in [5, 5.41) is 0. The minimum absolute atomic E-state index is 0.983. The van der Waals surface area contributed by atoms with E-state index in [-0.39, 0.29) is 0 Å². The van der Waals surface area contributed by atoms with Gasteiger partial charge < -0.3 is 0 Å². The third kappa shape index (κ3) is 6.23. The van der Waals surface area contributed by atoms with Crippen molar-refractivity contribution in [2.45, 2.75) is 59.3 Å². The van der Waals surface area contributed by atoms with Crippen molar-refractivity contribution < 1.29 is 0 Å². The Hall–Kier alpha value is -3.12. The lowest BCUT2D eigenvalue weighted by atomic mass is 9.95. The molecular formula is C33H36. The Morgan fingerprint density at radius 1 is 0.333 bits per heavy atom. The minimum atomic E-state index is 0.983. The van der Waals surface area contributed by atoms with E-state index in [0.29, 0.717) is 0 Å². The third-order valence-electron chi connectivity index (χ3n) is 6.73. The van der Waals surface area contributed by atoms with Gasteiger partial charge in [-0.25, -0.2) is 0 Å². The summed E-state index contributed by atoms with van der Waals surface area (Å²) in [7, 11) is 0. The Morgan fingerprint density at radius 3 is 1.03 bits per heavy atom. The average molecular weight is 433 g/mol. The summed E-state index contributed by atoms with van der Waals surface area (Å²) < 4.78 is 0. The van der Waals surface area contributed by atoms with Crippen LogP contribution in [-0.4, -0.2) is 0 Å². The fourth-order valence-electron chi connectivity index (χ4n) is 4.61. The van der Waals surface area contributed by atoms with E-state index in [1.165, 1.54) is 50.1 Å². The molecule has 0 N–H and O–H groups in total. The lowest BCUT2D eigenvalue weighted by molar-refractivity contribution is 1.02. The van der Waals surface area contributed by atoms with Gasteiger partial charge in [0.25, 0.3) is 0 Å². The number of aryl methyl sites for hydroxylation is 3. The highest BCUT2D eigenvalue weighted by Crippen LogP contribution is 2.19. The SMILES string of the molecule is CCc1ccc(Cc2ccc(Cc3ccc(Cc4ccc(CC)c(CC)c4)cc3)cc2)cc1. The van der Waals surface area contributed by atoms with Gasteiger partial charge in [0.2, 0.25) is 0 Å². The van der Waals surface area contributed by atoms with Crippen LogP contribution in [0.3, 0.4) is 0 Å². The molecular weight excluding hydrogens is 396 g/mol. The molecule has 0 aliphatic heterocycles. The van der Waals surface area contributed by atoms with Gasteiger partial charge in [0.1, 0.15) is 0 Å². The second kappa shape index (κ2) is 11.1. The summed E-state index contributed by atoms with van der Waals surface area (Å²) in [4.78, 5) is 0. The molecule has 0 nitrogen and oxygen atoms in total. The van der Waals surface area contributed by atoms with E-state index >= 15 is 0 Å². The molecule has 0 fully saturated rings.